The maximum atomic E-state index is 5.76. The highest BCUT2D eigenvalue weighted by molar-refractivity contribution is 7.11. The predicted molar refractivity (Wildman–Crippen MR) is 73.5 cm³/mol. The van der Waals surface area contributed by atoms with E-state index in [1.807, 2.05) is 6.92 Å². The van der Waals surface area contributed by atoms with Gasteiger partial charge in [0.1, 0.15) is 10.6 Å². The Kier molecular flexibility index (Phi) is 5.56. The van der Waals surface area contributed by atoms with Crippen molar-refractivity contribution in [1.82, 2.24) is 10.3 Å². The molecule has 0 amide bonds. The number of nitrogens with zero attached hydrogens (tertiary/aromatic N) is 1. The van der Waals surface area contributed by atoms with Crippen molar-refractivity contribution in [2.75, 3.05) is 13.2 Å². The lowest BCUT2D eigenvalue weighted by atomic mass is 10.1. The number of hydrogen-bond donors (Lipinski definition) is 1. The fraction of sp³-hybridized carbons (Fsp3) is 0.769. The van der Waals surface area contributed by atoms with E-state index in [9.17, 15) is 0 Å². The first-order chi connectivity index (χ1) is 8.05. The largest absolute Gasteiger partial charge is 0.369 e. The summed E-state index contributed by atoms with van der Waals surface area (Å²) in [7, 11) is 0. The van der Waals surface area contributed by atoms with E-state index in [4.69, 9.17) is 9.72 Å². The molecule has 0 saturated heterocycles. The molecule has 1 heterocycles. The molecule has 1 rings (SSSR count). The van der Waals surface area contributed by atoms with E-state index in [-0.39, 0.29) is 5.60 Å². The molecule has 3 nitrogen and oxygen atoms in total. The molecule has 0 fully saturated rings. The number of aromatic nitrogens is 1. The summed E-state index contributed by atoms with van der Waals surface area (Å²) in [6, 6.07) is 0. The van der Waals surface area contributed by atoms with Crippen LogP contribution in [0.25, 0.3) is 0 Å². The molecule has 0 unspecified atom stereocenters. The van der Waals surface area contributed by atoms with Gasteiger partial charge in [-0.2, -0.15) is 0 Å². The summed E-state index contributed by atoms with van der Waals surface area (Å²) >= 11 is 1.77. The first-order valence-electron chi connectivity index (χ1n) is 6.38. The van der Waals surface area contributed by atoms with Crippen LogP contribution in [0.15, 0.2) is 0 Å². The SMILES string of the molecule is CCNCc1sc(C(C)(C)OCC)nc1CC. The molecule has 17 heavy (non-hydrogen) atoms. The minimum atomic E-state index is -0.270. The van der Waals surface area contributed by atoms with Gasteiger partial charge in [0.05, 0.1) is 5.69 Å². The first kappa shape index (κ1) is 14.6. The van der Waals surface area contributed by atoms with Crippen molar-refractivity contribution in [1.29, 1.82) is 0 Å². The lowest BCUT2D eigenvalue weighted by molar-refractivity contribution is -0.0142. The third-order valence-corrected chi connectivity index (χ3v) is 4.07. The maximum Gasteiger partial charge on any atom is 0.125 e. The molecule has 98 valence electrons. The van der Waals surface area contributed by atoms with Crippen molar-refractivity contribution in [3.8, 4) is 0 Å². The number of nitrogens with one attached hydrogen (secondary N) is 1. The molecule has 4 heteroatoms. The zero-order chi connectivity index (χ0) is 12.9. The molecular formula is C13H24N2OS. The van der Waals surface area contributed by atoms with Crippen molar-refractivity contribution >= 4 is 11.3 Å². The number of aryl methyl sites for hydroxylation is 1. The number of ether oxygens (including phenoxy) is 1. The fourth-order valence-corrected chi connectivity index (χ4v) is 2.89. The van der Waals surface area contributed by atoms with Crippen LogP contribution in [0.2, 0.25) is 0 Å². The van der Waals surface area contributed by atoms with Gasteiger partial charge in [0.25, 0.3) is 0 Å². The minimum absolute atomic E-state index is 0.270. The molecule has 0 bridgehead atoms. The smallest absolute Gasteiger partial charge is 0.125 e. The van der Waals surface area contributed by atoms with Gasteiger partial charge < -0.3 is 10.1 Å². The third-order valence-electron chi connectivity index (χ3n) is 2.67. The van der Waals surface area contributed by atoms with Gasteiger partial charge in [0.15, 0.2) is 0 Å². The molecule has 0 radical (unpaired) electrons. The van der Waals surface area contributed by atoms with Gasteiger partial charge in [0.2, 0.25) is 0 Å². The molecule has 0 aromatic carbocycles. The van der Waals surface area contributed by atoms with Gasteiger partial charge in [-0.05, 0) is 33.7 Å². The van der Waals surface area contributed by atoms with Crippen LogP contribution < -0.4 is 5.32 Å². The van der Waals surface area contributed by atoms with Gasteiger partial charge in [-0.3, -0.25) is 0 Å². The standard InChI is InChI=1S/C13H24N2OS/c1-6-10-11(9-14-7-2)17-12(15-10)13(4,5)16-8-3/h14H,6-9H2,1-5H3. The Balaban J connectivity index is 2.91. The molecule has 0 aliphatic heterocycles. The number of rotatable bonds is 7. The Labute approximate surface area is 109 Å². The summed E-state index contributed by atoms with van der Waals surface area (Å²) in [5, 5.41) is 4.45. The van der Waals surface area contributed by atoms with Gasteiger partial charge in [-0.15, -0.1) is 11.3 Å². The quantitative estimate of drug-likeness (QED) is 0.814. The van der Waals surface area contributed by atoms with Crippen LogP contribution >= 0.6 is 11.3 Å². The van der Waals surface area contributed by atoms with Crippen molar-refractivity contribution in [3.05, 3.63) is 15.6 Å². The van der Waals surface area contributed by atoms with Crippen molar-refractivity contribution in [2.24, 2.45) is 0 Å². The zero-order valence-corrected chi connectivity index (χ0v) is 12.4. The summed E-state index contributed by atoms with van der Waals surface area (Å²) in [6.07, 6.45) is 0.986. The molecule has 0 spiro atoms. The molecule has 1 aromatic heterocycles. The van der Waals surface area contributed by atoms with Crippen LogP contribution in [0.5, 0.6) is 0 Å². The molecule has 0 aliphatic rings. The Morgan fingerprint density at radius 3 is 2.53 bits per heavy atom. The molecular weight excluding hydrogens is 232 g/mol. The van der Waals surface area contributed by atoms with Crippen LogP contribution in [0.1, 0.15) is 50.2 Å². The van der Waals surface area contributed by atoms with Crippen molar-refractivity contribution in [2.45, 2.75) is 53.2 Å². The zero-order valence-electron chi connectivity index (χ0n) is 11.6. The Bertz CT molecular complexity index is 347. The van der Waals surface area contributed by atoms with E-state index in [0.717, 1.165) is 31.1 Å². The predicted octanol–water partition coefficient (Wildman–Crippen LogP) is 3.09. The van der Waals surface area contributed by atoms with E-state index < -0.39 is 0 Å². The van der Waals surface area contributed by atoms with E-state index in [1.54, 1.807) is 11.3 Å². The average Bonchev–Trinajstić information content (AvgIpc) is 2.70. The van der Waals surface area contributed by atoms with Crippen LogP contribution in [0.4, 0.5) is 0 Å². The van der Waals surface area contributed by atoms with Crippen LogP contribution in [0, 0.1) is 0 Å². The average molecular weight is 256 g/mol. The highest BCUT2D eigenvalue weighted by Crippen LogP contribution is 2.31. The van der Waals surface area contributed by atoms with Gasteiger partial charge >= 0.3 is 0 Å². The monoisotopic (exact) mass is 256 g/mol. The van der Waals surface area contributed by atoms with Crippen LogP contribution in [0.3, 0.4) is 0 Å². The second kappa shape index (κ2) is 6.47. The summed E-state index contributed by atoms with van der Waals surface area (Å²) in [6.45, 7) is 13.1. The maximum absolute atomic E-state index is 5.76. The van der Waals surface area contributed by atoms with Crippen molar-refractivity contribution < 1.29 is 4.74 Å². The highest BCUT2D eigenvalue weighted by atomic mass is 32.1. The topological polar surface area (TPSA) is 34.1 Å². The Morgan fingerprint density at radius 1 is 1.29 bits per heavy atom. The summed E-state index contributed by atoms with van der Waals surface area (Å²) < 4.78 is 5.76. The summed E-state index contributed by atoms with van der Waals surface area (Å²) in [4.78, 5) is 6.07. The second-order valence-electron chi connectivity index (χ2n) is 4.47. The van der Waals surface area contributed by atoms with Gasteiger partial charge in [-0.25, -0.2) is 4.98 Å². The third kappa shape index (κ3) is 3.76. The second-order valence-corrected chi connectivity index (χ2v) is 5.55. The molecule has 0 atom stereocenters. The summed E-state index contributed by atoms with van der Waals surface area (Å²) in [5.41, 5.74) is 0.937. The number of thiazole rings is 1. The van der Waals surface area contributed by atoms with Crippen LogP contribution in [-0.2, 0) is 23.3 Å². The minimum Gasteiger partial charge on any atom is -0.369 e. The lowest BCUT2D eigenvalue weighted by Gasteiger charge is -2.21. The van der Waals surface area contributed by atoms with E-state index in [2.05, 4.69) is 33.0 Å². The van der Waals surface area contributed by atoms with Crippen molar-refractivity contribution in [3.63, 3.8) is 0 Å². The van der Waals surface area contributed by atoms with E-state index in [1.165, 1.54) is 10.6 Å². The Morgan fingerprint density at radius 2 is 2.00 bits per heavy atom. The molecule has 1 aromatic rings. The highest BCUT2D eigenvalue weighted by Gasteiger charge is 2.26. The molecule has 0 aliphatic carbocycles. The normalized spacial score (nSPS) is 12.1. The first-order valence-corrected chi connectivity index (χ1v) is 7.20. The fourth-order valence-electron chi connectivity index (χ4n) is 1.72. The molecule has 0 saturated carbocycles. The molecule has 1 N–H and O–H groups in total. The lowest BCUT2D eigenvalue weighted by Crippen LogP contribution is -2.21. The van der Waals surface area contributed by atoms with Gasteiger partial charge in [0, 0.05) is 18.0 Å². The van der Waals surface area contributed by atoms with E-state index in [0.29, 0.717) is 0 Å². The van der Waals surface area contributed by atoms with Gasteiger partial charge in [-0.1, -0.05) is 13.8 Å². The number of hydrogen-bond acceptors (Lipinski definition) is 4. The van der Waals surface area contributed by atoms with E-state index >= 15 is 0 Å². The Hall–Kier alpha value is -0.450. The van der Waals surface area contributed by atoms with Crippen LogP contribution in [-0.4, -0.2) is 18.1 Å². The summed E-state index contributed by atoms with van der Waals surface area (Å²) in [5.74, 6) is 0.